The van der Waals surface area contributed by atoms with E-state index in [0.717, 1.165) is 11.3 Å². The van der Waals surface area contributed by atoms with E-state index in [0.29, 0.717) is 5.32 Å². The standard InChI is InChI=1S/C15H14O2Se/c1-17-13-9-7-12(8-10-13)15(16)11-18-14-5-3-2-4-6-14/h2-10H,11H2,1H3. The third-order valence-corrected chi connectivity index (χ3v) is 4.65. The van der Waals surface area contributed by atoms with Crippen LogP contribution in [0.2, 0.25) is 5.32 Å². The monoisotopic (exact) mass is 306 g/mol. The van der Waals surface area contributed by atoms with E-state index < -0.39 is 0 Å². The summed E-state index contributed by atoms with van der Waals surface area (Å²) in [4.78, 5) is 12.0. The molecule has 0 fully saturated rings. The van der Waals surface area contributed by atoms with Crippen molar-refractivity contribution in [2.45, 2.75) is 5.32 Å². The van der Waals surface area contributed by atoms with Gasteiger partial charge in [0.05, 0.1) is 0 Å². The number of ether oxygens (including phenoxy) is 1. The Labute approximate surface area is 113 Å². The molecule has 0 saturated heterocycles. The fraction of sp³-hybridized carbons (Fsp3) is 0.133. The molecule has 0 N–H and O–H groups in total. The van der Waals surface area contributed by atoms with Gasteiger partial charge in [-0.15, -0.1) is 0 Å². The summed E-state index contributed by atoms with van der Waals surface area (Å²) in [7, 11) is 1.62. The summed E-state index contributed by atoms with van der Waals surface area (Å²) in [5.41, 5.74) is 0.758. The molecule has 0 unspecified atom stereocenters. The van der Waals surface area contributed by atoms with Crippen LogP contribution in [0, 0.1) is 0 Å². The van der Waals surface area contributed by atoms with Crippen molar-refractivity contribution in [3.8, 4) is 5.75 Å². The summed E-state index contributed by atoms with van der Waals surface area (Å²) >= 11 is 0.207. The molecule has 0 aliphatic carbocycles. The summed E-state index contributed by atoms with van der Waals surface area (Å²) in [6, 6.07) is 17.4. The molecule has 3 heteroatoms. The van der Waals surface area contributed by atoms with Gasteiger partial charge in [-0.1, -0.05) is 0 Å². The predicted molar refractivity (Wildman–Crippen MR) is 74.0 cm³/mol. The molecular weight excluding hydrogens is 291 g/mol. The van der Waals surface area contributed by atoms with Crippen molar-refractivity contribution in [3.05, 3.63) is 60.2 Å². The average molecular weight is 305 g/mol. The average Bonchev–Trinajstić information content (AvgIpc) is 2.46. The normalized spacial score (nSPS) is 10.1. The molecule has 0 aromatic heterocycles. The first-order valence-electron chi connectivity index (χ1n) is 5.64. The Morgan fingerprint density at radius 3 is 2.33 bits per heavy atom. The summed E-state index contributed by atoms with van der Waals surface area (Å²) < 4.78 is 6.33. The first-order valence-corrected chi connectivity index (χ1v) is 7.71. The van der Waals surface area contributed by atoms with Crippen LogP contribution in [0.15, 0.2) is 54.6 Å². The predicted octanol–water partition coefficient (Wildman–Crippen LogP) is 2.33. The number of carbonyl (C=O) groups is 1. The fourth-order valence-electron chi connectivity index (χ4n) is 1.53. The molecule has 0 heterocycles. The van der Waals surface area contributed by atoms with Crippen molar-refractivity contribution in [2.75, 3.05) is 7.11 Å². The van der Waals surface area contributed by atoms with Crippen LogP contribution < -0.4 is 9.20 Å². The van der Waals surface area contributed by atoms with Gasteiger partial charge in [0.1, 0.15) is 0 Å². The fourth-order valence-corrected chi connectivity index (χ4v) is 3.23. The first-order chi connectivity index (χ1) is 8.79. The van der Waals surface area contributed by atoms with Gasteiger partial charge in [0.15, 0.2) is 0 Å². The van der Waals surface area contributed by atoms with Crippen LogP contribution in [0.25, 0.3) is 0 Å². The molecule has 0 aliphatic heterocycles. The van der Waals surface area contributed by atoms with Gasteiger partial charge in [-0.05, 0) is 0 Å². The zero-order valence-electron chi connectivity index (χ0n) is 10.1. The second-order valence-corrected chi connectivity index (χ2v) is 5.95. The van der Waals surface area contributed by atoms with Gasteiger partial charge in [-0.2, -0.15) is 0 Å². The van der Waals surface area contributed by atoms with Crippen LogP contribution in [0.1, 0.15) is 10.4 Å². The third kappa shape index (κ3) is 3.46. The van der Waals surface area contributed by atoms with Gasteiger partial charge in [0.2, 0.25) is 0 Å². The van der Waals surface area contributed by atoms with Crippen LogP contribution in [-0.4, -0.2) is 27.8 Å². The molecule has 2 aromatic rings. The second kappa shape index (κ2) is 6.39. The Bertz CT molecular complexity index is 506. The van der Waals surface area contributed by atoms with Gasteiger partial charge >= 0.3 is 113 Å². The molecule has 2 rings (SSSR count). The molecule has 0 saturated carbocycles. The molecule has 18 heavy (non-hydrogen) atoms. The van der Waals surface area contributed by atoms with Gasteiger partial charge in [0.25, 0.3) is 0 Å². The molecule has 0 aliphatic rings. The maximum atomic E-state index is 12.0. The van der Waals surface area contributed by atoms with Crippen molar-refractivity contribution in [2.24, 2.45) is 0 Å². The number of Topliss-reactive ketones (excluding diaryl/α,β-unsaturated/α-hetero) is 1. The molecule has 0 atom stereocenters. The van der Waals surface area contributed by atoms with Gasteiger partial charge in [-0.3, -0.25) is 0 Å². The SMILES string of the molecule is COc1ccc(C(=O)C[Se]c2ccccc2)cc1. The molecular formula is C15H14O2Se. The van der Waals surface area contributed by atoms with E-state index in [2.05, 4.69) is 12.1 Å². The van der Waals surface area contributed by atoms with Crippen LogP contribution in [0.4, 0.5) is 0 Å². The van der Waals surface area contributed by atoms with E-state index in [1.54, 1.807) is 7.11 Å². The third-order valence-electron chi connectivity index (χ3n) is 2.53. The van der Waals surface area contributed by atoms with E-state index in [1.807, 2.05) is 42.5 Å². The zero-order chi connectivity index (χ0) is 12.8. The molecule has 0 bridgehead atoms. The molecule has 2 nitrogen and oxygen atoms in total. The number of benzene rings is 2. The Morgan fingerprint density at radius 1 is 1.06 bits per heavy atom. The van der Waals surface area contributed by atoms with Crippen molar-refractivity contribution < 1.29 is 9.53 Å². The number of ketones is 1. The second-order valence-electron chi connectivity index (χ2n) is 3.75. The van der Waals surface area contributed by atoms with E-state index in [1.165, 1.54) is 4.46 Å². The summed E-state index contributed by atoms with van der Waals surface area (Å²) in [5, 5.41) is 0.601. The topological polar surface area (TPSA) is 26.3 Å². The van der Waals surface area contributed by atoms with Crippen LogP contribution in [0.3, 0.4) is 0 Å². The first kappa shape index (κ1) is 12.9. The summed E-state index contributed by atoms with van der Waals surface area (Å²) in [5.74, 6) is 0.974. The number of methoxy groups -OCH3 is 1. The summed E-state index contributed by atoms with van der Waals surface area (Å²) in [6.07, 6.45) is 0. The Hall–Kier alpha value is -1.57. The molecule has 92 valence electrons. The number of hydrogen-bond donors (Lipinski definition) is 0. The van der Waals surface area contributed by atoms with E-state index >= 15 is 0 Å². The molecule has 0 amide bonds. The van der Waals surface area contributed by atoms with Gasteiger partial charge in [-0.25, -0.2) is 0 Å². The number of rotatable bonds is 5. The van der Waals surface area contributed by atoms with E-state index in [4.69, 9.17) is 4.74 Å². The van der Waals surface area contributed by atoms with Crippen molar-refractivity contribution in [1.82, 2.24) is 0 Å². The van der Waals surface area contributed by atoms with Crippen LogP contribution in [0.5, 0.6) is 5.75 Å². The van der Waals surface area contributed by atoms with Crippen LogP contribution >= 0.6 is 0 Å². The molecule has 0 radical (unpaired) electrons. The minimum absolute atomic E-state index is 0.196. The van der Waals surface area contributed by atoms with Gasteiger partial charge < -0.3 is 0 Å². The zero-order valence-corrected chi connectivity index (χ0v) is 11.8. The van der Waals surface area contributed by atoms with Crippen molar-refractivity contribution in [1.29, 1.82) is 0 Å². The maximum absolute atomic E-state index is 12.0. The van der Waals surface area contributed by atoms with E-state index in [-0.39, 0.29) is 20.7 Å². The number of hydrogen-bond acceptors (Lipinski definition) is 2. The Balaban J connectivity index is 1.95. The van der Waals surface area contributed by atoms with E-state index in [9.17, 15) is 4.79 Å². The van der Waals surface area contributed by atoms with Gasteiger partial charge in [0, 0.05) is 0 Å². The van der Waals surface area contributed by atoms with Crippen LogP contribution in [-0.2, 0) is 0 Å². The minimum atomic E-state index is 0.196. The van der Waals surface area contributed by atoms with Crippen molar-refractivity contribution >= 4 is 25.2 Å². The molecule has 2 aromatic carbocycles. The Kier molecular flexibility index (Phi) is 4.57. The summed E-state index contributed by atoms with van der Waals surface area (Å²) in [6.45, 7) is 0. The number of carbonyl (C=O) groups excluding carboxylic acids is 1. The Morgan fingerprint density at radius 2 is 1.72 bits per heavy atom. The van der Waals surface area contributed by atoms with Crippen molar-refractivity contribution in [3.63, 3.8) is 0 Å². The molecule has 0 spiro atoms. The quantitative estimate of drug-likeness (QED) is 0.626.